The normalized spacial score (nSPS) is 12.2. The Bertz CT molecular complexity index is 91.0. The molecule has 1 nitrogen and oxygen atoms in total. The van der Waals surface area contributed by atoms with Crippen molar-refractivity contribution in [2.45, 2.75) is 44.8 Å². The number of ether oxygens (including phenoxy) is 1. The number of hydrogen-bond donors (Lipinski definition) is 0. The minimum absolute atomic E-state index is 0. The van der Waals surface area contributed by atoms with Crippen LogP contribution >= 0.6 is 11.8 Å². The van der Waals surface area contributed by atoms with Crippen molar-refractivity contribution in [1.82, 2.24) is 0 Å². The summed E-state index contributed by atoms with van der Waals surface area (Å²) in [4.78, 5) is 0. The molecule has 1 atom stereocenters. The third-order valence-electron chi connectivity index (χ3n) is 1.74. The van der Waals surface area contributed by atoms with Gasteiger partial charge < -0.3 is 4.74 Å². The maximum absolute atomic E-state index is 5.32. The third-order valence-corrected chi connectivity index (χ3v) is 2.84. The van der Waals surface area contributed by atoms with Crippen molar-refractivity contribution in [3.63, 3.8) is 0 Å². The quantitative estimate of drug-likeness (QED) is 0.318. The van der Waals surface area contributed by atoms with Crippen LogP contribution in [-0.2, 0) is 4.74 Å². The van der Waals surface area contributed by atoms with E-state index < -0.39 is 0 Å². The van der Waals surface area contributed by atoms with E-state index in [0.717, 1.165) is 24.7 Å². The van der Waals surface area contributed by atoms with Gasteiger partial charge in [0.1, 0.15) is 0 Å². The van der Waals surface area contributed by atoms with Gasteiger partial charge >= 0.3 is 18.9 Å². The first kappa shape index (κ1) is 16.3. The van der Waals surface area contributed by atoms with E-state index in [-0.39, 0.29) is 18.9 Å². The summed E-state index contributed by atoms with van der Waals surface area (Å²) in [6.45, 7) is 7.20. The second-order valence-electron chi connectivity index (χ2n) is 2.92. The van der Waals surface area contributed by atoms with Crippen LogP contribution in [0.3, 0.4) is 0 Å². The van der Waals surface area contributed by atoms with Gasteiger partial charge in [0.25, 0.3) is 0 Å². The van der Waals surface area contributed by atoms with Gasteiger partial charge in [-0.1, -0.05) is 20.3 Å². The van der Waals surface area contributed by atoms with Crippen LogP contribution in [0.5, 0.6) is 0 Å². The van der Waals surface area contributed by atoms with Gasteiger partial charge in [0.2, 0.25) is 0 Å². The van der Waals surface area contributed by atoms with Crippen LogP contribution in [0, 0.1) is 6.61 Å². The Labute approximate surface area is 99.6 Å². The van der Waals surface area contributed by atoms with E-state index in [4.69, 9.17) is 4.74 Å². The Morgan fingerprint density at radius 3 is 2.46 bits per heavy atom. The average molecular weight is 196 g/mol. The van der Waals surface area contributed by atoms with Crippen molar-refractivity contribution in [1.29, 1.82) is 0 Å². The fourth-order valence-electron chi connectivity index (χ4n) is 1.03. The van der Waals surface area contributed by atoms with Crippen LogP contribution in [0.2, 0.25) is 0 Å². The van der Waals surface area contributed by atoms with E-state index >= 15 is 0 Å². The van der Waals surface area contributed by atoms with Crippen LogP contribution in [0.25, 0.3) is 0 Å². The summed E-state index contributed by atoms with van der Waals surface area (Å²) < 4.78 is 5.32. The fraction of sp³-hybridized carbons (Fsp3) is 0.900. The molecule has 0 rings (SSSR count). The molecule has 0 aliphatic rings. The summed E-state index contributed by atoms with van der Waals surface area (Å²) in [7, 11) is 0. The van der Waals surface area contributed by atoms with Crippen molar-refractivity contribution >= 4 is 11.8 Å². The Morgan fingerprint density at radius 2 is 2.00 bits per heavy atom. The molecule has 0 aliphatic heterocycles. The summed E-state index contributed by atoms with van der Waals surface area (Å²) in [6, 6.07) is 0. The number of hydrogen-bond acceptors (Lipinski definition) is 2. The largest absolute Gasteiger partial charge is 1.00 e. The third kappa shape index (κ3) is 10.8. The SMILES string of the molecule is CCCO[CH-]CC(CCC)SC.[Li+]. The average Bonchev–Trinajstić information content (AvgIpc) is 2.10. The molecule has 0 radical (unpaired) electrons. The minimum Gasteiger partial charge on any atom is -0.552 e. The molecule has 0 aromatic rings. The van der Waals surface area contributed by atoms with Crippen molar-refractivity contribution < 1.29 is 23.6 Å². The van der Waals surface area contributed by atoms with Gasteiger partial charge in [-0.05, 0) is 24.3 Å². The molecule has 0 aliphatic carbocycles. The topological polar surface area (TPSA) is 9.23 Å². The van der Waals surface area contributed by atoms with Crippen LogP contribution in [0.4, 0.5) is 0 Å². The standard InChI is InChI=1S/C10H21OS.Li/c1-4-6-10(12-3)7-9-11-8-5-2;/h9-10H,4-8H2,1-3H3;/q-1;+1. The van der Waals surface area contributed by atoms with E-state index in [1.165, 1.54) is 12.8 Å². The molecule has 1 unspecified atom stereocenters. The maximum Gasteiger partial charge on any atom is 1.00 e. The predicted molar refractivity (Wildman–Crippen MR) is 57.4 cm³/mol. The van der Waals surface area contributed by atoms with Gasteiger partial charge in [-0.25, -0.2) is 6.61 Å². The summed E-state index contributed by atoms with van der Waals surface area (Å²) in [6.07, 6.45) is 6.94. The molecular weight excluding hydrogens is 175 g/mol. The zero-order chi connectivity index (χ0) is 9.23. The van der Waals surface area contributed by atoms with Crippen LogP contribution < -0.4 is 18.9 Å². The molecule has 0 bridgehead atoms. The van der Waals surface area contributed by atoms with Crippen molar-refractivity contribution in [3.05, 3.63) is 6.61 Å². The Hall–Kier alpha value is 0.907. The molecule has 0 heterocycles. The van der Waals surface area contributed by atoms with E-state index in [1.807, 2.05) is 18.4 Å². The molecule has 0 saturated carbocycles. The van der Waals surface area contributed by atoms with Crippen LogP contribution in [-0.4, -0.2) is 18.1 Å². The molecule has 0 N–H and O–H groups in total. The Morgan fingerprint density at radius 1 is 1.31 bits per heavy atom. The predicted octanol–water partition coefficient (Wildman–Crippen LogP) is 0.501. The molecule has 0 aromatic heterocycles. The van der Waals surface area contributed by atoms with E-state index in [2.05, 4.69) is 20.1 Å². The number of rotatable bonds is 8. The monoisotopic (exact) mass is 196 g/mol. The fourth-order valence-corrected chi connectivity index (χ4v) is 1.77. The molecule has 74 valence electrons. The summed E-state index contributed by atoms with van der Waals surface area (Å²) in [5, 5.41) is 0.756. The molecule has 0 aromatic carbocycles. The first-order valence-electron chi connectivity index (χ1n) is 4.81. The van der Waals surface area contributed by atoms with Gasteiger partial charge in [-0.15, -0.1) is 6.42 Å². The van der Waals surface area contributed by atoms with E-state index in [0.29, 0.717) is 0 Å². The zero-order valence-corrected chi connectivity index (χ0v) is 10.3. The van der Waals surface area contributed by atoms with Gasteiger partial charge in [0.15, 0.2) is 0 Å². The Balaban J connectivity index is 0. The van der Waals surface area contributed by atoms with Gasteiger partial charge in [-0.3, -0.25) is 0 Å². The smallest absolute Gasteiger partial charge is 0.552 e. The zero-order valence-electron chi connectivity index (χ0n) is 9.51. The van der Waals surface area contributed by atoms with Crippen molar-refractivity contribution in [3.8, 4) is 0 Å². The van der Waals surface area contributed by atoms with Crippen LogP contribution in [0.1, 0.15) is 39.5 Å². The Kier molecular flexibility index (Phi) is 16.2. The van der Waals surface area contributed by atoms with Gasteiger partial charge in [-0.2, -0.15) is 11.8 Å². The molecule has 0 spiro atoms. The van der Waals surface area contributed by atoms with Gasteiger partial charge in [0, 0.05) is 6.61 Å². The second-order valence-corrected chi connectivity index (χ2v) is 4.06. The van der Waals surface area contributed by atoms with E-state index in [1.54, 1.807) is 0 Å². The number of thioether (sulfide) groups is 1. The second kappa shape index (κ2) is 12.9. The summed E-state index contributed by atoms with van der Waals surface area (Å²) in [5.41, 5.74) is 0. The first-order valence-corrected chi connectivity index (χ1v) is 6.10. The maximum atomic E-state index is 5.32. The molecule has 13 heavy (non-hydrogen) atoms. The van der Waals surface area contributed by atoms with Crippen molar-refractivity contribution in [2.24, 2.45) is 0 Å². The van der Waals surface area contributed by atoms with Gasteiger partial charge in [0.05, 0.1) is 0 Å². The molecule has 0 fully saturated rings. The summed E-state index contributed by atoms with van der Waals surface area (Å²) in [5.74, 6) is 0. The van der Waals surface area contributed by atoms with Crippen LogP contribution in [0.15, 0.2) is 0 Å². The first-order chi connectivity index (χ1) is 5.85. The summed E-state index contributed by atoms with van der Waals surface area (Å²) >= 11 is 1.94. The molecule has 0 amide bonds. The van der Waals surface area contributed by atoms with E-state index in [9.17, 15) is 0 Å². The minimum atomic E-state index is 0. The van der Waals surface area contributed by atoms with Crippen molar-refractivity contribution in [2.75, 3.05) is 12.9 Å². The molecule has 0 saturated heterocycles. The molecule has 3 heteroatoms. The molecular formula is C10H21LiOS.